The Hall–Kier alpha value is -3.06. The zero-order chi connectivity index (χ0) is 22.5. The molecule has 5 nitrogen and oxygen atoms in total. The lowest BCUT2D eigenvalue weighted by Crippen LogP contribution is -2.52. The predicted molar refractivity (Wildman–Crippen MR) is 99.9 cm³/mol. The van der Waals surface area contributed by atoms with Crippen molar-refractivity contribution in [2.75, 3.05) is 11.4 Å². The Labute approximate surface area is 178 Å². The highest BCUT2D eigenvalue weighted by Gasteiger charge is 2.45. The molecular weight excluding hydrogens is 445 g/mol. The predicted octanol–water partition coefficient (Wildman–Crippen LogP) is 4.98. The number of hydrogen-bond donors (Lipinski definition) is 1. The maximum atomic E-state index is 14.4. The summed E-state index contributed by atoms with van der Waals surface area (Å²) in [7, 11) is 0. The van der Waals surface area contributed by atoms with Crippen LogP contribution in [-0.2, 0) is 4.79 Å². The molecule has 1 fully saturated rings. The molecule has 1 N–H and O–H groups in total. The van der Waals surface area contributed by atoms with Crippen molar-refractivity contribution in [1.82, 2.24) is 5.32 Å². The zero-order valence-corrected chi connectivity index (χ0v) is 16.3. The summed E-state index contributed by atoms with van der Waals surface area (Å²) in [5, 5.41) is 11.0. The van der Waals surface area contributed by atoms with E-state index in [1.54, 1.807) is 11.0 Å². The Morgan fingerprint density at radius 1 is 1.26 bits per heavy atom. The van der Waals surface area contributed by atoms with Crippen molar-refractivity contribution in [2.24, 2.45) is 0 Å². The van der Waals surface area contributed by atoms with Gasteiger partial charge in [-0.25, -0.2) is 8.78 Å². The normalized spacial score (nSPS) is 19.8. The number of alkyl halides is 3. The molecule has 2 aromatic carbocycles. The summed E-state index contributed by atoms with van der Waals surface area (Å²) in [5.74, 6) is -3.92. The molecule has 4 rings (SSSR count). The second-order valence-corrected chi connectivity index (χ2v) is 7.53. The Kier molecular flexibility index (Phi) is 5.17. The SMILES string of the molecule is N#Cc1c(F)cc2c(c1Cl)N1CCC[C@@H](NC(=O)C(F)(F)F)[C@@H]1c1ccc(F)cc1O2. The summed E-state index contributed by atoms with van der Waals surface area (Å²) < 4.78 is 72.7. The Morgan fingerprint density at radius 3 is 2.68 bits per heavy atom. The number of carbonyl (C=O) groups excluding carboxylic acids is 1. The van der Waals surface area contributed by atoms with Gasteiger partial charge in [-0.1, -0.05) is 17.7 Å². The van der Waals surface area contributed by atoms with Gasteiger partial charge in [0.1, 0.15) is 34.7 Å². The number of piperidine rings is 1. The Balaban J connectivity index is 1.91. The fraction of sp³-hybridized carbons (Fsp3) is 0.300. The molecule has 1 amide bonds. The molecule has 31 heavy (non-hydrogen) atoms. The largest absolute Gasteiger partial charge is 0.471 e. The van der Waals surface area contributed by atoms with Crippen LogP contribution >= 0.6 is 11.6 Å². The van der Waals surface area contributed by atoms with E-state index in [2.05, 4.69) is 0 Å². The van der Waals surface area contributed by atoms with Crippen LogP contribution in [0.1, 0.15) is 30.0 Å². The summed E-state index contributed by atoms with van der Waals surface area (Å²) in [4.78, 5) is 13.2. The van der Waals surface area contributed by atoms with Gasteiger partial charge in [0.15, 0.2) is 5.75 Å². The molecule has 0 bridgehead atoms. The number of ether oxygens (including phenoxy) is 1. The highest BCUT2D eigenvalue weighted by molar-refractivity contribution is 6.35. The van der Waals surface area contributed by atoms with E-state index in [9.17, 15) is 32.0 Å². The lowest BCUT2D eigenvalue weighted by atomic mass is 9.89. The average molecular weight is 458 g/mol. The van der Waals surface area contributed by atoms with Crippen molar-refractivity contribution in [3.63, 3.8) is 0 Å². The van der Waals surface area contributed by atoms with Gasteiger partial charge >= 0.3 is 12.1 Å². The third-order valence-electron chi connectivity index (χ3n) is 5.28. The molecular formula is C20H13ClF5N3O2. The number of anilines is 1. The zero-order valence-electron chi connectivity index (χ0n) is 15.6. The number of halogens is 6. The van der Waals surface area contributed by atoms with Gasteiger partial charge in [0.25, 0.3) is 0 Å². The lowest BCUT2D eigenvalue weighted by Gasteiger charge is -2.42. The van der Waals surface area contributed by atoms with Gasteiger partial charge in [-0.3, -0.25) is 4.79 Å². The minimum atomic E-state index is -5.10. The first-order valence-electron chi connectivity index (χ1n) is 9.15. The number of rotatable bonds is 1. The molecule has 0 radical (unpaired) electrons. The van der Waals surface area contributed by atoms with Gasteiger partial charge in [-0.05, 0) is 18.9 Å². The minimum absolute atomic E-state index is 0.0536. The number of nitriles is 1. The number of benzene rings is 2. The molecule has 0 aliphatic carbocycles. The highest BCUT2D eigenvalue weighted by Crippen LogP contribution is 2.51. The van der Waals surface area contributed by atoms with Crippen LogP contribution in [0.25, 0.3) is 0 Å². The van der Waals surface area contributed by atoms with E-state index in [4.69, 9.17) is 16.3 Å². The summed E-state index contributed by atoms with van der Waals surface area (Å²) >= 11 is 6.30. The molecule has 2 atom stereocenters. The van der Waals surface area contributed by atoms with E-state index < -0.39 is 41.4 Å². The topological polar surface area (TPSA) is 65.4 Å². The number of nitrogens with one attached hydrogen (secondary N) is 1. The van der Waals surface area contributed by atoms with Crippen LogP contribution in [0.3, 0.4) is 0 Å². The monoisotopic (exact) mass is 457 g/mol. The molecule has 1 saturated heterocycles. The van der Waals surface area contributed by atoms with Crippen LogP contribution in [-0.4, -0.2) is 24.7 Å². The Morgan fingerprint density at radius 2 is 2.00 bits per heavy atom. The lowest BCUT2D eigenvalue weighted by molar-refractivity contribution is -0.174. The first kappa shape index (κ1) is 21.2. The molecule has 11 heteroatoms. The van der Waals surface area contributed by atoms with Gasteiger partial charge < -0.3 is 15.0 Å². The van der Waals surface area contributed by atoms with Crippen molar-refractivity contribution >= 4 is 23.2 Å². The molecule has 0 aromatic heterocycles. The van der Waals surface area contributed by atoms with Gasteiger partial charge in [0.2, 0.25) is 0 Å². The summed E-state index contributed by atoms with van der Waals surface area (Å²) in [6.45, 7) is 0.270. The van der Waals surface area contributed by atoms with Crippen LogP contribution in [0.4, 0.5) is 27.6 Å². The number of carbonyl (C=O) groups is 1. The molecule has 2 aliphatic rings. The van der Waals surface area contributed by atoms with Gasteiger partial charge in [-0.15, -0.1) is 0 Å². The molecule has 162 valence electrons. The van der Waals surface area contributed by atoms with Crippen LogP contribution in [0.5, 0.6) is 11.5 Å². The van der Waals surface area contributed by atoms with Gasteiger partial charge in [0.05, 0.1) is 17.1 Å². The molecule has 2 aromatic rings. The molecule has 0 spiro atoms. The van der Waals surface area contributed by atoms with E-state index >= 15 is 0 Å². The smallest absolute Gasteiger partial charge is 0.455 e. The van der Waals surface area contributed by atoms with Crippen LogP contribution < -0.4 is 15.0 Å². The van der Waals surface area contributed by atoms with Crippen molar-refractivity contribution in [3.05, 3.63) is 52.0 Å². The molecule has 0 saturated carbocycles. The summed E-state index contributed by atoms with van der Waals surface area (Å²) in [5.41, 5.74) is -0.0757. The maximum Gasteiger partial charge on any atom is 0.471 e. The molecule has 2 heterocycles. The van der Waals surface area contributed by atoms with Gasteiger partial charge in [-0.2, -0.15) is 18.4 Å². The number of amides is 1. The third kappa shape index (κ3) is 3.63. The van der Waals surface area contributed by atoms with E-state index in [-0.39, 0.29) is 35.2 Å². The van der Waals surface area contributed by atoms with Crippen molar-refractivity contribution < 1.29 is 31.5 Å². The van der Waals surface area contributed by atoms with E-state index in [0.717, 1.165) is 18.2 Å². The molecule has 0 unspecified atom stereocenters. The Bertz CT molecular complexity index is 1120. The molecule has 2 aliphatic heterocycles. The quantitative estimate of drug-likeness (QED) is 0.613. The minimum Gasteiger partial charge on any atom is -0.455 e. The summed E-state index contributed by atoms with van der Waals surface area (Å²) in [6.07, 6.45) is -4.54. The van der Waals surface area contributed by atoms with Crippen LogP contribution in [0, 0.1) is 23.0 Å². The highest BCUT2D eigenvalue weighted by atomic mass is 35.5. The fourth-order valence-electron chi connectivity index (χ4n) is 4.03. The second kappa shape index (κ2) is 7.57. The fourth-order valence-corrected chi connectivity index (χ4v) is 4.36. The van der Waals surface area contributed by atoms with Gasteiger partial charge in [0, 0.05) is 24.2 Å². The number of fused-ring (bicyclic) bond motifs is 5. The maximum absolute atomic E-state index is 14.4. The number of hydrogen-bond acceptors (Lipinski definition) is 4. The standard InChI is InChI=1S/C20H13ClF5N3O2/c21-16-11(8-27)12(23)7-15-18(16)29-5-1-2-13(28-19(30)20(24,25)26)17(29)10-4-3-9(22)6-14(10)31-15/h3-4,6-7,13,17H,1-2,5H2,(H,28,30)/t13-,17+/m1/s1. The third-order valence-corrected chi connectivity index (χ3v) is 5.64. The number of nitrogens with zero attached hydrogens (tertiary/aromatic N) is 2. The van der Waals surface area contributed by atoms with E-state index in [1.165, 1.54) is 6.07 Å². The van der Waals surface area contributed by atoms with Crippen LogP contribution in [0.15, 0.2) is 24.3 Å². The van der Waals surface area contributed by atoms with Crippen molar-refractivity contribution in [3.8, 4) is 17.6 Å². The first-order chi connectivity index (χ1) is 14.6. The second-order valence-electron chi connectivity index (χ2n) is 7.15. The summed E-state index contributed by atoms with van der Waals surface area (Å²) in [6, 6.07) is 4.08. The van der Waals surface area contributed by atoms with Crippen molar-refractivity contribution in [2.45, 2.75) is 31.1 Å². The van der Waals surface area contributed by atoms with E-state index in [1.807, 2.05) is 5.32 Å². The van der Waals surface area contributed by atoms with E-state index in [0.29, 0.717) is 12.0 Å². The first-order valence-corrected chi connectivity index (χ1v) is 9.53. The van der Waals surface area contributed by atoms with Crippen LogP contribution in [0.2, 0.25) is 5.02 Å². The van der Waals surface area contributed by atoms with Crippen molar-refractivity contribution in [1.29, 1.82) is 5.26 Å². The average Bonchev–Trinajstić information content (AvgIpc) is 2.81.